The highest BCUT2D eigenvalue weighted by Crippen LogP contribution is 2.50. The summed E-state index contributed by atoms with van der Waals surface area (Å²) in [5.74, 6) is -2.40. The molecule has 0 bridgehead atoms. The van der Waals surface area contributed by atoms with E-state index in [1.54, 1.807) is 0 Å². The average Bonchev–Trinajstić information content (AvgIpc) is 3.06. The van der Waals surface area contributed by atoms with E-state index in [0.717, 1.165) is 12.1 Å². The first-order valence-electron chi connectivity index (χ1n) is 10.9. The molecule has 4 rings (SSSR count). The van der Waals surface area contributed by atoms with Gasteiger partial charge in [-0.1, -0.05) is 30.7 Å². The monoisotopic (exact) mass is 535 g/mol. The number of aromatic nitrogens is 3. The van der Waals surface area contributed by atoms with Crippen LogP contribution in [0.5, 0.6) is 11.5 Å². The number of imidazole rings is 1. The number of rotatable bonds is 6. The smallest absolute Gasteiger partial charge is 0.422 e. The SMILES string of the molecule is C[C@H](c1ccc(Oc2ccc(C(=O)O)nc2)cc1Cl)[C@@](O)(c1ccc2c(c1)n(C)c(=O)n2C)C(F)(F)F. The number of ether oxygens (including phenoxy) is 1. The summed E-state index contributed by atoms with van der Waals surface area (Å²) in [7, 11) is 2.94. The zero-order valence-corrected chi connectivity index (χ0v) is 20.5. The largest absolute Gasteiger partial charge is 0.477 e. The van der Waals surface area contributed by atoms with E-state index < -0.39 is 34.9 Å². The Labute approximate surface area is 213 Å². The van der Waals surface area contributed by atoms with Crippen molar-refractivity contribution in [2.45, 2.75) is 24.6 Å². The van der Waals surface area contributed by atoms with Gasteiger partial charge >= 0.3 is 17.8 Å². The fourth-order valence-corrected chi connectivity index (χ4v) is 4.59. The molecule has 0 fully saturated rings. The van der Waals surface area contributed by atoms with E-state index in [2.05, 4.69) is 4.98 Å². The molecule has 0 spiro atoms. The van der Waals surface area contributed by atoms with Crippen LogP contribution in [0, 0.1) is 0 Å². The van der Waals surface area contributed by atoms with E-state index >= 15 is 0 Å². The zero-order valence-electron chi connectivity index (χ0n) is 19.7. The Morgan fingerprint density at radius 3 is 2.24 bits per heavy atom. The van der Waals surface area contributed by atoms with Crippen LogP contribution in [0.15, 0.2) is 59.5 Å². The van der Waals surface area contributed by atoms with Crippen LogP contribution in [0.25, 0.3) is 11.0 Å². The van der Waals surface area contributed by atoms with Crippen LogP contribution in [0.3, 0.4) is 0 Å². The third-order valence-corrected chi connectivity index (χ3v) is 6.73. The van der Waals surface area contributed by atoms with Crippen LogP contribution >= 0.6 is 11.6 Å². The minimum atomic E-state index is -5.09. The van der Waals surface area contributed by atoms with Crippen LogP contribution in [0.4, 0.5) is 13.2 Å². The van der Waals surface area contributed by atoms with E-state index in [-0.39, 0.29) is 33.3 Å². The van der Waals surface area contributed by atoms with Crippen molar-refractivity contribution in [2.75, 3.05) is 0 Å². The number of aryl methyl sites for hydroxylation is 2. The Morgan fingerprint density at radius 2 is 1.68 bits per heavy atom. The van der Waals surface area contributed by atoms with Gasteiger partial charge < -0.3 is 14.9 Å². The number of carboxylic acid groups (broad SMARTS) is 1. The molecule has 0 aliphatic rings. The molecule has 0 unspecified atom stereocenters. The van der Waals surface area contributed by atoms with Crippen LogP contribution in [-0.4, -0.2) is 36.5 Å². The highest BCUT2D eigenvalue weighted by molar-refractivity contribution is 6.31. The van der Waals surface area contributed by atoms with Gasteiger partial charge in [0.05, 0.1) is 17.2 Å². The van der Waals surface area contributed by atoms with Crippen molar-refractivity contribution in [2.24, 2.45) is 14.1 Å². The molecule has 4 aromatic rings. The van der Waals surface area contributed by atoms with Crippen molar-refractivity contribution in [3.05, 3.63) is 87.1 Å². The average molecular weight is 536 g/mol. The van der Waals surface area contributed by atoms with Crippen molar-refractivity contribution in [3.8, 4) is 11.5 Å². The molecule has 2 aromatic heterocycles. The standard InChI is InChI=1S/C25H21ClF3N3O5/c1-13(17-7-5-15(11-18(17)26)37-16-6-8-19(22(33)34)30-12-16)24(36,25(27,28)29)14-4-9-20-21(10-14)32(3)23(35)31(20)2/h4-13,36H,1-3H3,(H,33,34)/t13-,24-/m1/s1. The van der Waals surface area contributed by atoms with E-state index in [4.69, 9.17) is 21.4 Å². The third kappa shape index (κ3) is 4.44. The Bertz CT molecular complexity index is 1560. The molecule has 0 amide bonds. The number of pyridine rings is 1. The summed E-state index contributed by atoms with van der Waals surface area (Å²) in [5, 5.41) is 20.0. The van der Waals surface area contributed by atoms with E-state index in [1.807, 2.05) is 0 Å². The Balaban J connectivity index is 1.72. The fourth-order valence-electron chi connectivity index (χ4n) is 4.25. The van der Waals surface area contributed by atoms with Crippen LogP contribution < -0.4 is 10.4 Å². The Hall–Kier alpha value is -3.83. The Kier molecular flexibility index (Phi) is 6.55. The van der Waals surface area contributed by atoms with Gasteiger partial charge in [-0.15, -0.1) is 0 Å². The first kappa shape index (κ1) is 26.2. The molecule has 2 heterocycles. The first-order chi connectivity index (χ1) is 17.3. The van der Waals surface area contributed by atoms with Crippen molar-refractivity contribution >= 4 is 28.6 Å². The van der Waals surface area contributed by atoms with Gasteiger partial charge in [0.1, 0.15) is 17.2 Å². The molecular formula is C25H21ClF3N3O5. The first-order valence-corrected chi connectivity index (χ1v) is 11.2. The third-order valence-electron chi connectivity index (χ3n) is 6.40. The second-order valence-electron chi connectivity index (χ2n) is 8.56. The number of halogens is 4. The van der Waals surface area contributed by atoms with Crippen LogP contribution in [0.1, 0.15) is 34.5 Å². The minimum Gasteiger partial charge on any atom is -0.477 e. The number of carbonyl (C=O) groups is 1. The molecule has 0 saturated heterocycles. The molecule has 194 valence electrons. The summed E-state index contributed by atoms with van der Waals surface area (Å²) in [5.41, 5.74) is -3.72. The summed E-state index contributed by atoms with van der Waals surface area (Å²) in [6, 6.07) is 10.2. The summed E-state index contributed by atoms with van der Waals surface area (Å²) >= 11 is 6.34. The summed E-state index contributed by atoms with van der Waals surface area (Å²) in [4.78, 5) is 26.9. The molecule has 37 heavy (non-hydrogen) atoms. The van der Waals surface area contributed by atoms with Crippen molar-refractivity contribution in [1.29, 1.82) is 0 Å². The van der Waals surface area contributed by atoms with E-state index in [9.17, 15) is 27.9 Å². The van der Waals surface area contributed by atoms with E-state index in [1.165, 1.54) is 72.7 Å². The van der Waals surface area contributed by atoms with Gasteiger partial charge in [0, 0.05) is 25.0 Å². The summed E-state index contributed by atoms with van der Waals surface area (Å²) in [6.45, 7) is 1.21. The second kappa shape index (κ2) is 9.24. The van der Waals surface area contributed by atoms with Gasteiger partial charge in [-0.2, -0.15) is 13.2 Å². The maximum Gasteiger partial charge on any atom is 0.422 e. The number of aromatic carboxylic acids is 1. The molecule has 8 nitrogen and oxygen atoms in total. The van der Waals surface area contributed by atoms with Crippen molar-refractivity contribution in [1.82, 2.24) is 14.1 Å². The number of hydrogen-bond donors (Lipinski definition) is 2. The quantitative estimate of drug-likeness (QED) is 0.361. The minimum absolute atomic E-state index is 0.00948. The maximum atomic E-state index is 14.5. The lowest BCUT2D eigenvalue weighted by molar-refractivity contribution is -0.274. The van der Waals surface area contributed by atoms with E-state index in [0.29, 0.717) is 5.52 Å². The molecule has 0 aliphatic heterocycles. The molecule has 2 N–H and O–H groups in total. The fraction of sp³-hybridized carbons (Fsp3) is 0.240. The molecule has 0 saturated carbocycles. The normalized spacial score (nSPS) is 14.4. The highest BCUT2D eigenvalue weighted by Gasteiger charge is 2.59. The number of benzene rings is 2. The van der Waals surface area contributed by atoms with Gasteiger partial charge in [0.2, 0.25) is 0 Å². The lowest BCUT2D eigenvalue weighted by Gasteiger charge is -2.37. The lowest BCUT2D eigenvalue weighted by Crippen LogP contribution is -2.46. The van der Waals surface area contributed by atoms with Gasteiger partial charge in [-0.25, -0.2) is 14.6 Å². The van der Waals surface area contributed by atoms with Crippen LogP contribution in [0.2, 0.25) is 5.02 Å². The molecule has 2 atom stereocenters. The molecular weight excluding hydrogens is 515 g/mol. The topological polar surface area (TPSA) is 107 Å². The summed E-state index contributed by atoms with van der Waals surface area (Å²) in [6.07, 6.45) is -3.91. The zero-order chi connectivity index (χ0) is 27.3. The highest BCUT2D eigenvalue weighted by atomic mass is 35.5. The maximum absolute atomic E-state index is 14.5. The van der Waals surface area contributed by atoms with Crippen LogP contribution in [-0.2, 0) is 19.7 Å². The van der Waals surface area contributed by atoms with Gasteiger partial charge in [-0.3, -0.25) is 9.13 Å². The number of nitrogens with zero attached hydrogens (tertiary/aromatic N) is 3. The van der Waals surface area contributed by atoms with Gasteiger partial charge in [0.25, 0.3) is 0 Å². The predicted molar refractivity (Wildman–Crippen MR) is 129 cm³/mol. The number of hydrogen-bond acceptors (Lipinski definition) is 5. The van der Waals surface area contributed by atoms with Crippen molar-refractivity contribution in [3.63, 3.8) is 0 Å². The lowest BCUT2D eigenvalue weighted by atomic mass is 9.77. The van der Waals surface area contributed by atoms with Gasteiger partial charge in [0.15, 0.2) is 5.60 Å². The number of carboxylic acids is 1. The predicted octanol–water partition coefficient (Wildman–Crippen LogP) is 4.97. The molecule has 12 heteroatoms. The second-order valence-corrected chi connectivity index (χ2v) is 8.97. The number of alkyl halides is 3. The number of fused-ring (bicyclic) bond motifs is 1. The Morgan fingerprint density at radius 1 is 1.03 bits per heavy atom. The summed E-state index contributed by atoms with van der Waals surface area (Å²) < 4.78 is 51.5. The molecule has 0 aliphatic carbocycles. The number of aliphatic hydroxyl groups is 1. The van der Waals surface area contributed by atoms with Crippen molar-refractivity contribution < 1.29 is 32.9 Å². The van der Waals surface area contributed by atoms with Gasteiger partial charge in [-0.05, 0) is 47.5 Å². The molecule has 0 radical (unpaired) electrons. The molecule has 2 aromatic carbocycles.